The van der Waals surface area contributed by atoms with Crippen molar-refractivity contribution in [3.05, 3.63) is 18.3 Å². The van der Waals surface area contributed by atoms with Crippen molar-refractivity contribution in [3.8, 4) is 0 Å². The number of carbonyl (C=O) groups excluding carboxylic acids is 1. The van der Waals surface area contributed by atoms with E-state index in [1.54, 1.807) is 18.0 Å². The van der Waals surface area contributed by atoms with Gasteiger partial charge < -0.3 is 10.2 Å². The van der Waals surface area contributed by atoms with E-state index in [0.717, 1.165) is 42.7 Å². The standard InChI is InChI=1S/C16H25N3OS/c1-13-7-9-19(10-8-13)15-6-5-14(12-17-15)18-16(20)4-3-11-21-2/h5-6,12-13H,3-4,7-11H2,1-2H3,(H,18,20). The highest BCUT2D eigenvalue weighted by Crippen LogP contribution is 2.22. The summed E-state index contributed by atoms with van der Waals surface area (Å²) in [6.07, 6.45) is 7.78. The maximum absolute atomic E-state index is 11.8. The van der Waals surface area contributed by atoms with Crippen molar-refractivity contribution in [2.75, 3.05) is 35.3 Å². The predicted molar refractivity (Wildman–Crippen MR) is 91.1 cm³/mol. The first-order valence-corrected chi connectivity index (χ1v) is 9.08. The Kier molecular flexibility index (Phi) is 6.36. The zero-order valence-corrected chi connectivity index (χ0v) is 13.8. The first-order chi connectivity index (χ1) is 10.2. The second-order valence-corrected chi connectivity index (χ2v) is 6.70. The van der Waals surface area contributed by atoms with E-state index >= 15 is 0 Å². The summed E-state index contributed by atoms with van der Waals surface area (Å²) in [7, 11) is 0. The van der Waals surface area contributed by atoms with Crippen LogP contribution in [-0.2, 0) is 4.79 Å². The van der Waals surface area contributed by atoms with Crippen LogP contribution >= 0.6 is 11.8 Å². The third kappa shape index (κ3) is 5.23. The van der Waals surface area contributed by atoms with E-state index in [1.165, 1.54) is 12.8 Å². The van der Waals surface area contributed by atoms with E-state index in [-0.39, 0.29) is 5.91 Å². The van der Waals surface area contributed by atoms with Crippen molar-refractivity contribution in [2.24, 2.45) is 5.92 Å². The third-order valence-corrected chi connectivity index (χ3v) is 4.59. The lowest BCUT2D eigenvalue weighted by atomic mass is 9.99. The molecular formula is C16H25N3OS. The topological polar surface area (TPSA) is 45.2 Å². The second kappa shape index (κ2) is 8.27. The number of nitrogens with one attached hydrogen (secondary N) is 1. The largest absolute Gasteiger partial charge is 0.357 e. The fraction of sp³-hybridized carbons (Fsp3) is 0.625. The minimum atomic E-state index is 0.0744. The van der Waals surface area contributed by atoms with Gasteiger partial charge in [0.2, 0.25) is 5.91 Å². The molecule has 0 aliphatic carbocycles. The molecule has 2 rings (SSSR count). The van der Waals surface area contributed by atoms with Crippen LogP contribution < -0.4 is 10.2 Å². The van der Waals surface area contributed by atoms with Crippen LogP contribution in [0.15, 0.2) is 18.3 Å². The number of hydrogen-bond donors (Lipinski definition) is 1. The molecule has 4 nitrogen and oxygen atoms in total. The van der Waals surface area contributed by atoms with Crippen LogP contribution in [0.1, 0.15) is 32.6 Å². The number of pyridine rings is 1. The monoisotopic (exact) mass is 307 g/mol. The molecule has 1 N–H and O–H groups in total. The number of aromatic nitrogens is 1. The highest BCUT2D eigenvalue weighted by Gasteiger charge is 2.16. The molecule has 1 aliphatic heterocycles. The lowest BCUT2D eigenvalue weighted by molar-refractivity contribution is -0.116. The first kappa shape index (κ1) is 16.1. The molecule has 1 amide bonds. The summed E-state index contributed by atoms with van der Waals surface area (Å²) in [6, 6.07) is 3.96. The molecule has 116 valence electrons. The number of thioether (sulfide) groups is 1. The Hall–Kier alpha value is -1.23. The lowest BCUT2D eigenvalue weighted by Gasteiger charge is -2.31. The van der Waals surface area contributed by atoms with E-state index in [1.807, 2.05) is 12.1 Å². The molecule has 0 atom stereocenters. The molecule has 0 aromatic carbocycles. The van der Waals surface area contributed by atoms with Crippen molar-refractivity contribution in [1.29, 1.82) is 0 Å². The van der Waals surface area contributed by atoms with Crippen LogP contribution in [0.3, 0.4) is 0 Å². The summed E-state index contributed by atoms with van der Waals surface area (Å²) in [5, 5.41) is 2.91. The number of piperidine rings is 1. The first-order valence-electron chi connectivity index (χ1n) is 7.69. The van der Waals surface area contributed by atoms with Crippen LogP contribution in [-0.4, -0.2) is 36.0 Å². The number of carbonyl (C=O) groups is 1. The number of rotatable bonds is 6. The third-order valence-electron chi connectivity index (χ3n) is 3.89. The van der Waals surface area contributed by atoms with E-state index in [9.17, 15) is 4.79 Å². The van der Waals surface area contributed by atoms with Gasteiger partial charge in [-0.25, -0.2) is 4.98 Å². The minimum Gasteiger partial charge on any atom is -0.357 e. The number of anilines is 2. The summed E-state index contributed by atoms with van der Waals surface area (Å²) in [5.74, 6) is 2.94. The van der Waals surface area contributed by atoms with Gasteiger partial charge in [-0.15, -0.1) is 0 Å². The highest BCUT2D eigenvalue weighted by atomic mass is 32.2. The lowest BCUT2D eigenvalue weighted by Crippen LogP contribution is -2.33. The SMILES string of the molecule is CSCCCC(=O)Nc1ccc(N2CCC(C)CC2)nc1. The van der Waals surface area contributed by atoms with Gasteiger partial charge in [-0.2, -0.15) is 11.8 Å². The molecule has 0 saturated carbocycles. The molecule has 1 aromatic heterocycles. The van der Waals surface area contributed by atoms with Gasteiger partial charge in [0, 0.05) is 19.5 Å². The fourth-order valence-electron chi connectivity index (χ4n) is 2.49. The van der Waals surface area contributed by atoms with Crippen molar-refractivity contribution in [3.63, 3.8) is 0 Å². The summed E-state index contributed by atoms with van der Waals surface area (Å²) in [6.45, 7) is 4.46. The van der Waals surface area contributed by atoms with Gasteiger partial charge >= 0.3 is 0 Å². The molecule has 0 radical (unpaired) electrons. The van der Waals surface area contributed by atoms with Crippen LogP contribution in [0.25, 0.3) is 0 Å². The van der Waals surface area contributed by atoms with Gasteiger partial charge in [0.05, 0.1) is 11.9 Å². The summed E-state index contributed by atoms with van der Waals surface area (Å²) < 4.78 is 0. The number of amides is 1. The highest BCUT2D eigenvalue weighted by molar-refractivity contribution is 7.98. The zero-order chi connectivity index (χ0) is 15.1. The van der Waals surface area contributed by atoms with Crippen molar-refractivity contribution in [1.82, 2.24) is 4.98 Å². The van der Waals surface area contributed by atoms with E-state index in [4.69, 9.17) is 0 Å². The smallest absolute Gasteiger partial charge is 0.224 e. The average Bonchev–Trinajstić information content (AvgIpc) is 2.49. The van der Waals surface area contributed by atoms with E-state index in [2.05, 4.69) is 28.4 Å². The van der Waals surface area contributed by atoms with Crippen LogP contribution in [0.2, 0.25) is 0 Å². The Morgan fingerprint density at radius 2 is 2.19 bits per heavy atom. The van der Waals surface area contributed by atoms with Gasteiger partial charge in [-0.3, -0.25) is 4.79 Å². The van der Waals surface area contributed by atoms with Crippen molar-refractivity contribution < 1.29 is 4.79 Å². The molecular weight excluding hydrogens is 282 g/mol. The molecule has 1 saturated heterocycles. The average molecular weight is 307 g/mol. The van der Waals surface area contributed by atoms with Gasteiger partial charge in [-0.05, 0) is 49.3 Å². The van der Waals surface area contributed by atoms with Crippen LogP contribution in [0.4, 0.5) is 11.5 Å². The number of nitrogens with zero attached hydrogens (tertiary/aromatic N) is 2. The Balaban J connectivity index is 1.83. The molecule has 0 bridgehead atoms. The van der Waals surface area contributed by atoms with Gasteiger partial charge in [0.15, 0.2) is 0 Å². The fourth-order valence-corrected chi connectivity index (χ4v) is 2.92. The molecule has 0 unspecified atom stereocenters. The maximum atomic E-state index is 11.8. The maximum Gasteiger partial charge on any atom is 0.224 e. The van der Waals surface area contributed by atoms with E-state index in [0.29, 0.717) is 6.42 Å². The van der Waals surface area contributed by atoms with Crippen molar-refractivity contribution in [2.45, 2.75) is 32.6 Å². The van der Waals surface area contributed by atoms with Gasteiger partial charge in [0.25, 0.3) is 0 Å². The molecule has 0 spiro atoms. The number of hydrogen-bond acceptors (Lipinski definition) is 4. The zero-order valence-electron chi connectivity index (χ0n) is 13.0. The normalized spacial score (nSPS) is 16.0. The molecule has 1 aliphatic rings. The molecule has 21 heavy (non-hydrogen) atoms. The Bertz CT molecular complexity index is 441. The molecule has 1 aromatic rings. The summed E-state index contributed by atoms with van der Waals surface area (Å²) in [5.41, 5.74) is 0.790. The van der Waals surface area contributed by atoms with Gasteiger partial charge in [-0.1, -0.05) is 6.92 Å². The molecule has 1 fully saturated rings. The van der Waals surface area contributed by atoms with Crippen LogP contribution in [0, 0.1) is 5.92 Å². The second-order valence-electron chi connectivity index (χ2n) is 5.72. The van der Waals surface area contributed by atoms with E-state index < -0.39 is 0 Å². The van der Waals surface area contributed by atoms with Gasteiger partial charge in [0.1, 0.15) is 5.82 Å². The summed E-state index contributed by atoms with van der Waals surface area (Å²) >= 11 is 1.77. The summed E-state index contributed by atoms with van der Waals surface area (Å²) in [4.78, 5) is 18.6. The quantitative estimate of drug-likeness (QED) is 0.818. The molecule has 2 heterocycles. The Morgan fingerprint density at radius 3 is 2.81 bits per heavy atom. The Labute approximate surface area is 131 Å². The Morgan fingerprint density at radius 1 is 1.43 bits per heavy atom. The minimum absolute atomic E-state index is 0.0744. The molecule has 5 heteroatoms. The van der Waals surface area contributed by atoms with Crippen LogP contribution in [0.5, 0.6) is 0 Å². The predicted octanol–water partition coefficient (Wildman–Crippen LogP) is 3.40. The van der Waals surface area contributed by atoms with Crippen molar-refractivity contribution >= 4 is 29.2 Å².